The third kappa shape index (κ3) is 2.47. The molecule has 1 atom stereocenters. The molecule has 0 fully saturated rings. The molecule has 0 spiro atoms. The normalized spacial score (nSPS) is 18.8. The molecule has 2 N–H and O–H groups in total. The summed E-state index contributed by atoms with van der Waals surface area (Å²) < 4.78 is 26.3. The van der Waals surface area contributed by atoms with Gasteiger partial charge in [0.05, 0.1) is 0 Å². The van der Waals surface area contributed by atoms with Crippen molar-refractivity contribution >= 4 is 11.9 Å². The molecule has 1 aliphatic rings. The van der Waals surface area contributed by atoms with Gasteiger partial charge in [-0.25, -0.2) is 13.8 Å². The maximum Gasteiger partial charge on any atom is 0.256 e. The molecule has 1 heterocycles. The molecule has 2 rings (SSSR count). The number of nitrogens with zero attached hydrogens (tertiary/aromatic N) is 1. The van der Waals surface area contributed by atoms with Crippen LogP contribution in [0.2, 0.25) is 0 Å². The Morgan fingerprint density at radius 1 is 1.39 bits per heavy atom. The van der Waals surface area contributed by atoms with Crippen LogP contribution in [0, 0.1) is 11.6 Å². The van der Waals surface area contributed by atoms with E-state index in [4.69, 9.17) is 0 Å². The Morgan fingerprint density at radius 3 is 2.72 bits per heavy atom. The van der Waals surface area contributed by atoms with Crippen LogP contribution in [0.25, 0.3) is 0 Å². The average molecular weight is 253 g/mol. The Balaban J connectivity index is 2.27. The Morgan fingerprint density at radius 2 is 2.11 bits per heavy atom. The second-order valence-corrected chi connectivity index (χ2v) is 4.33. The Bertz CT molecular complexity index is 514. The smallest absolute Gasteiger partial charge is 0.256 e. The lowest BCUT2D eigenvalue weighted by molar-refractivity contribution is -0.120. The van der Waals surface area contributed by atoms with Crippen LogP contribution in [0.15, 0.2) is 23.2 Å². The molecule has 0 saturated heterocycles. The van der Waals surface area contributed by atoms with Crippen molar-refractivity contribution in [2.45, 2.75) is 25.9 Å². The zero-order valence-corrected chi connectivity index (χ0v) is 10.00. The zero-order chi connectivity index (χ0) is 13.3. The molecular formula is C12H13F2N3O. The van der Waals surface area contributed by atoms with Crippen LogP contribution in [-0.2, 0) is 4.79 Å². The fraction of sp³-hybridized carbons (Fsp3) is 0.333. The number of aliphatic imine (C=N–C) groups is 1. The second kappa shape index (κ2) is 4.72. The van der Waals surface area contributed by atoms with E-state index in [1.807, 2.05) is 13.8 Å². The van der Waals surface area contributed by atoms with Crippen molar-refractivity contribution in [3.05, 3.63) is 35.4 Å². The van der Waals surface area contributed by atoms with E-state index in [1.165, 1.54) is 6.07 Å². The van der Waals surface area contributed by atoms with E-state index in [0.717, 1.165) is 12.1 Å². The first-order valence-electron chi connectivity index (χ1n) is 5.57. The minimum Gasteiger partial charge on any atom is -0.354 e. The van der Waals surface area contributed by atoms with Gasteiger partial charge in [0.25, 0.3) is 5.91 Å². The highest BCUT2D eigenvalue weighted by Crippen LogP contribution is 2.24. The van der Waals surface area contributed by atoms with Crippen LogP contribution in [-0.4, -0.2) is 17.9 Å². The predicted octanol–water partition coefficient (Wildman–Crippen LogP) is 1.49. The minimum absolute atomic E-state index is 0.0643. The van der Waals surface area contributed by atoms with Gasteiger partial charge in [-0.1, -0.05) is 6.07 Å². The molecule has 1 unspecified atom stereocenters. The van der Waals surface area contributed by atoms with Gasteiger partial charge in [0.1, 0.15) is 11.6 Å². The summed E-state index contributed by atoms with van der Waals surface area (Å²) in [6.07, 6.45) is 0. The van der Waals surface area contributed by atoms with E-state index >= 15 is 0 Å². The number of carbonyl (C=O) groups is 1. The van der Waals surface area contributed by atoms with Crippen LogP contribution >= 0.6 is 0 Å². The maximum absolute atomic E-state index is 13.6. The number of rotatable bonds is 2. The van der Waals surface area contributed by atoms with Gasteiger partial charge in [-0.3, -0.25) is 10.1 Å². The van der Waals surface area contributed by atoms with Crippen LogP contribution in [0.1, 0.15) is 25.5 Å². The van der Waals surface area contributed by atoms with Crippen molar-refractivity contribution in [2.24, 2.45) is 4.99 Å². The summed E-state index contributed by atoms with van der Waals surface area (Å²) in [5.74, 6) is -1.57. The molecule has 0 aliphatic carbocycles. The lowest BCUT2D eigenvalue weighted by atomic mass is 10.1. The molecule has 0 saturated carbocycles. The standard InChI is InChI=1S/C12H13F2N3O/c1-6(2)15-12-16-10(11(18)17-12)8-4-3-7(13)5-9(8)14/h3-6,10H,1-2H3,(H2,15,16,17,18). The summed E-state index contributed by atoms with van der Waals surface area (Å²) in [7, 11) is 0. The highest BCUT2D eigenvalue weighted by molar-refractivity contribution is 6.05. The quantitative estimate of drug-likeness (QED) is 0.839. The number of guanidine groups is 1. The van der Waals surface area contributed by atoms with Gasteiger partial charge in [0.2, 0.25) is 0 Å². The van der Waals surface area contributed by atoms with Crippen LogP contribution in [0.5, 0.6) is 0 Å². The van der Waals surface area contributed by atoms with Gasteiger partial charge >= 0.3 is 0 Å². The van der Waals surface area contributed by atoms with Gasteiger partial charge in [0, 0.05) is 17.7 Å². The molecule has 96 valence electrons. The first kappa shape index (κ1) is 12.5. The number of nitrogens with one attached hydrogen (secondary N) is 2. The first-order chi connectivity index (χ1) is 8.47. The van der Waals surface area contributed by atoms with Gasteiger partial charge in [-0.15, -0.1) is 0 Å². The fourth-order valence-corrected chi connectivity index (χ4v) is 1.69. The highest BCUT2D eigenvalue weighted by atomic mass is 19.1. The topological polar surface area (TPSA) is 53.5 Å². The fourth-order valence-electron chi connectivity index (χ4n) is 1.69. The number of halogens is 2. The van der Waals surface area contributed by atoms with E-state index in [0.29, 0.717) is 5.96 Å². The second-order valence-electron chi connectivity index (χ2n) is 4.33. The summed E-state index contributed by atoms with van der Waals surface area (Å²) in [5, 5.41) is 5.44. The number of carbonyl (C=O) groups excluding carboxylic acids is 1. The lowest BCUT2D eigenvalue weighted by Gasteiger charge is -2.07. The molecule has 1 aliphatic heterocycles. The van der Waals surface area contributed by atoms with Gasteiger partial charge in [-0.2, -0.15) is 0 Å². The summed E-state index contributed by atoms with van der Waals surface area (Å²) in [5.41, 5.74) is 0.0643. The number of amides is 1. The number of hydrogen-bond donors (Lipinski definition) is 2. The molecule has 1 aromatic rings. The van der Waals surface area contributed by atoms with Crippen LogP contribution < -0.4 is 10.6 Å². The van der Waals surface area contributed by atoms with E-state index in [-0.39, 0.29) is 11.6 Å². The molecule has 0 radical (unpaired) electrons. The summed E-state index contributed by atoms with van der Waals surface area (Å²) in [6, 6.07) is 2.21. The van der Waals surface area contributed by atoms with Crippen molar-refractivity contribution in [3.8, 4) is 0 Å². The van der Waals surface area contributed by atoms with E-state index in [1.54, 1.807) is 0 Å². The van der Waals surface area contributed by atoms with Crippen LogP contribution in [0.4, 0.5) is 8.78 Å². The van der Waals surface area contributed by atoms with Gasteiger partial charge in [0.15, 0.2) is 12.0 Å². The van der Waals surface area contributed by atoms with E-state index in [9.17, 15) is 13.6 Å². The van der Waals surface area contributed by atoms with Crippen molar-refractivity contribution in [1.29, 1.82) is 0 Å². The maximum atomic E-state index is 13.6. The Labute approximate surface area is 103 Å². The number of hydrogen-bond acceptors (Lipinski definition) is 3. The highest BCUT2D eigenvalue weighted by Gasteiger charge is 2.30. The van der Waals surface area contributed by atoms with Crippen LogP contribution in [0.3, 0.4) is 0 Å². The molecule has 1 amide bonds. The van der Waals surface area contributed by atoms with E-state index < -0.39 is 23.6 Å². The first-order valence-corrected chi connectivity index (χ1v) is 5.57. The lowest BCUT2D eigenvalue weighted by Crippen LogP contribution is -2.40. The summed E-state index contributed by atoms with van der Waals surface area (Å²) in [6.45, 7) is 3.78. The third-order valence-electron chi connectivity index (χ3n) is 2.43. The van der Waals surface area contributed by atoms with Gasteiger partial charge < -0.3 is 5.32 Å². The summed E-state index contributed by atoms with van der Waals surface area (Å²) >= 11 is 0. The number of benzene rings is 1. The monoisotopic (exact) mass is 253 g/mol. The molecule has 1 aromatic carbocycles. The third-order valence-corrected chi connectivity index (χ3v) is 2.43. The average Bonchev–Trinajstić information content (AvgIpc) is 2.58. The van der Waals surface area contributed by atoms with Crippen molar-refractivity contribution in [1.82, 2.24) is 10.6 Å². The minimum atomic E-state index is -0.966. The molecular weight excluding hydrogens is 240 g/mol. The molecule has 6 heteroatoms. The van der Waals surface area contributed by atoms with Crippen molar-refractivity contribution < 1.29 is 13.6 Å². The predicted molar refractivity (Wildman–Crippen MR) is 62.9 cm³/mol. The largest absolute Gasteiger partial charge is 0.354 e. The van der Waals surface area contributed by atoms with Crippen molar-refractivity contribution in [3.63, 3.8) is 0 Å². The Kier molecular flexibility index (Phi) is 3.27. The molecule has 18 heavy (non-hydrogen) atoms. The van der Waals surface area contributed by atoms with Crippen molar-refractivity contribution in [2.75, 3.05) is 0 Å². The molecule has 0 aromatic heterocycles. The zero-order valence-electron chi connectivity index (χ0n) is 10.00. The SMILES string of the molecule is CC(C)NC1=NC(c2ccc(F)cc2F)C(=O)N1. The summed E-state index contributed by atoms with van der Waals surface area (Å²) in [4.78, 5) is 15.7. The van der Waals surface area contributed by atoms with Gasteiger partial charge in [-0.05, 0) is 19.9 Å². The Hall–Kier alpha value is -1.98. The van der Waals surface area contributed by atoms with E-state index in [2.05, 4.69) is 15.6 Å². The molecule has 4 nitrogen and oxygen atoms in total. The molecule has 0 bridgehead atoms.